The van der Waals surface area contributed by atoms with Gasteiger partial charge in [-0.2, -0.15) is 13.2 Å². The Labute approximate surface area is 174 Å². The van der Waals surface area contributed by atoms with Gasteiger partial charge in [0.15, 0.2) is 15.7 Å². The lowest BCUT2D eigenvalue weighted by atomic mass is 10.3. The second-order valence-corrected chi connectivity index (χ2v) is 9.32. The molecule has 0 spiro atoms. The number of imidazole rings is 1. The van der Waals surface area contributed by atoms with E-state index in [0.717, 1.165) is 6.26 Å². The van der Waals surface area contributed by atoms with E-state index >= 15 is 0 Å². The first-order chi connectivity index (χ1) is 14.0. The van der Waals surface area contributed by atoms with Gasteiger partial charge in [-0.25, -0.2) is 18.4 Å². The number of rotatable bonds is 6. The molecule has 0 atom stereocenters. The van der Waals surface area contributed by atoms with Crippen LogP contribution in [0.3, 0.4) is 0 Å². The number of thioether (sulfide) groups is 1. The summed E-state index contributed by atoms with van der Waals surface area (Å²) in [7, 11) is -1.88. The Morgan fingerprint density at radius 3 is 2.60 bits per heavy atom. The first-order valence-corrected chi connectivity index (χ1v) is 11.3. The number of hydrogen-bond acceptors (Lipinski definition) is 7. The number of oxime groups is 1. The van der Waals surface area contributed by atoms with E-state index in [9.17, 15) is 21.6 Å². The number of fused-ring (bicyclic) bond motifs is 1. The fraction of sp³-hybridized carbons (Fsp3) is 0.278. The van der Waals surface area contributed by atoms with E-state index < -0.39 is 15.3 Å². The quantitative estimate of drug-likeness (QED) is 0.315. The Balaban J connectivity index is 2.10. The van der Waals surface area contributed by atoms with Gasteiger partial charge in [0.1, 0.15) is 18.0 Å². The number of nitrogens with zero attached hydrogens (tertiary/aromatic N) is 4. The van der Waals surface area contributed by atoms with E-state index in [1.165, 1.54) is 30.5 Å². The summed E-state index contributed by atoms with van der Waals surface area (Å²) in [5.74, 6) is 0.366. The van der Waals surface area contributed by atoms with Crippen LogP contribution in [0.25, 0.3) is 22.6 Å². The van der Waals surface area contributed by atoms with Gasteiger partial charge in [0, 0.05) is 18.2 Å². The minimum Gasteiger partial charge on any atom is -0.396 e. The van der Waals surface area contributed by atoms with Crippen LogP contribution >= 0.6 is 11.8 Å². The van der Waals surface area contributed by atoms with Crippen LogP contribution in [-0.2, 0) is 21.7 Å². The number of hydrogen-bond donors (Lipinski definition) is 0. The summed E-state index contributed by atoms with van der Waals surface area (Å²) in [6.07, 6.45) is 2.25. The van der Waals surface area contributed by atoms with Gasteiger partial charge in [0.25, 0.3) is 0 Å². The molecule has 12 heteroatoms. The van der Waals surface area contributed by atoms with Gasteiger partial charge in [-0.3, -0.25) is 0 Å². The SMILES string of the molecule is CCON=Cc1nc(-c2nc3cc(SC(F)(F)F)ccc3n2C)ccc1S(C)(=O)=O. The molecule has 0 bridgehead atoms. The molecule has 30 heavy (non-hydrogen) atoms. The van der Waals surface area contributed by atoms with Crippen LogP contribution in [-0.4, -0.2) is 47.5 Å². The van der Waals surface area contributed by atoms with E-state index in [4.69, 9.17) is 4.84 Å². The summed E-state index contributed by atoms with van der Waals surface area (Å²) in [6.45, 7) is 2.02. The van der Waals surface area contributed by atoms with Crippen molar-refractivity contribution >= 4 is 38.8 Å². The second kappa shape index (κ2) is 8.26. The van der Waals surface area contributed by atoms with Crippen molar-refractivity contribution in [2.24, 2.45) is 12.2 Å². The van der Waals surface area contributed by atoms with Crippen molar-refractivity contribution in [3.05, 3.63) is 36.0 Å². The summed E-state index contributed by atoms with van der Waals surface area (Å²) < 4.78 is 63.7. The molecule has 3 aromatic rings. The maximum absolute atomic E-state index is 12.7. The van der Waals surface area contributed by atoms with Crippen molar-refractivity contribution in [1.82, 2.24) is 14.5 Å². The number of sulfone groups is 1. The van der Waals surface area contributed by atoms with E-state index in [1.54, 1.807) is 24.6 Å². The van der Waals surface area contributed by atoms with E-state index in [2.05, 4.69) is 15.1 Å². The van der Waals surface area contributed by atoms with Crippen LogP contribution in [0.15, 0.2) is 45.3 Å². The van der Waals surface area contributed by atoms with E-state index in [1.807, 2.05) is 0 Å². The molecule has 0 radical (unpaired) electrons. The number of pyridine rings is 1. The fourth-order valence-electron chi connectivity index (χ4n) is 2.76. The third kappa shape index (κ3) is 4.93. The average molecular weight is 458 g/mol. The summed E-state index contributed by atoms with van der Waals surface area (Å²) in [5, 5.41) is 3.69. The molecule has 0 fully saturated rings. The first-order valence-electron chi connectivity index (χ1n) is 8.58. The topological polar surface area (TPSA) is 86.4 Å². The van der Waals surface area contributed by atoms with Crippen molar-refractivity contribution in [2.45, 2.75) is 22.2 Å². The molecule has 0 unspecified atom stereocenters. The number of benzene rings is 1. The summed E-state index contributed by atoms with van der Waals surface area (Å²) in [4.78, 5) is 13.6. The highest BCUT2D eigenvalue weighted by Crippen LogP contribution is 2.38. The van der Waals surface area contributed by atoms with Crippen LogP contribution in [0, 0.1) is 0 Å². The van der Waals surface area contributed by atoms with Crippen LogP contribution in [0.1, 0.15) is 12.6 Å². The van der Waals surface area contributed by atoms with Crippen LogP contribution < -0.4 is 0 Å². The van der Waals surface area contributed by atoms with Crippen molar-refractivity contribution < 1.29 is 26.4 Å². The van der Waals surface area contributed by atoms with Crippen molar-refractivity contribution in [1.29, 1.82) is 0 Å². The van der Waals surface area contributed by atoms with Crippen LogP contribution in [0.5, 0.6) is 0 Å². The van der Waals surface area contributed by atoms with Gasteiger partial charge in [-0.15, -0.1) is 0 Å². The molecular weight excluding hydrogens is 441 g/mol. The maximum Gasteiger partial charge on any atom is 0.446 e. The molecule has 0 aliphatic carbocycles. The molecule has 0 aliphatic heterocycles. The lowest BCUT2D eigenvalue weighted by Crippen LogP contribution is -2.06. The average Bonchev–Trinajstić information content (AvgIpc) is 2.95. The van der Waals surface area contributed by atoms with Crippen LogP contribution in [0.4, 0.5) is 13.2 Å². The lowest BCUT2D eigenvalue weighted by molar-refractivity contribution is -0.0328. The molecule has 2 aromatic heterocycles. The lowest BCUT2D eigenvalue weighted by Gasteiger charge is -2.07. The van der Waals surface area contributed by atoms with Gasteiger partial charge in [0.2, 0.25) is 0 Å². The molecule has 0 N–H and O–H groups in total. The zero-order valence-electron chi connectivity index (χ0n) is 16.1. The van der Waals surface area contributed by atoms with Gasteiger partial charge >= 0.3 is 5.51 Å². The minimum atomic E-state index is -4.40. The number of alkyl halides is 3. The molecule has 1 aromatic carbocycles. The van der Waals surface area contributed by atoms with Crippen LogP contribution in [0.2, 0.25) is 0 Å². The number of halogens is 3. The fourth-order valence-corrected chi connectivity index (χ4v) is 4.13. The molecule has 0 saturated carbocycles. The van der Waals surface area contributed by atoms with Crippen molar-refractivity contribution in [2.75, 3.05) is 12.9 Å². The molecule has 3 rings (SSSR count). The third-order valence-corrected chi connectivity index (χ3v) is 5.84. The van der Waals surface area contributed by atoms with E-state index in [0.29, 0.717) is 29.2 Å². The Kier molecular flexibility index (Phi) is 6.09. The molecule has 0 amide bonds. The normalized spacial score (nSPS) is 12.7. The van der Waals surface area contributed by atoms with Gasteiger partial charge in [0.05, 0.1) is 22.1 Å². The smallest absolute Gasteiger partial charge is 0.396 e. The summed E-state index contributed by atoms with van der Waals surface area (Å²) in [5.41, 5.74) is -3.02. The predicted octanol–water partition coefficient (Wildman–Crippen LogP) is 4.02. The first kappa shape index (κ1) is 22.1. The summed E-state index contributed by atoms with van der Waals surface area (Å²) >= 11 is -0.218. The molecule has 0 saturated heterocycles. The molecule has 0 aliphatic rings. The second-order valence-electron chi connectivity index (χ2n) is 6.20. The summed E-state index contributed by atoms with van der Waals surface area (Å²) in [6, 6.07) is 7.13. The highest BCUT2D eigenvalue weighted by Gasteiger charge is 2.29. The Hall–Kier alpha value is -2.60. The molecule has 160 valence electrons. The highest BCUT2D eigenvalue weighted by atomic mass is 32.2. The number of aryl methyl sites for hydroxylation is 1. The molecule has 2 heterocycles. The Morgan fingerprint density at radius 2 is 1.97 bits per heavy atom. The van der Waals surface area contributed by atoms with Gasteiger partial charge < -0.3 is 9.40 Å². The van der Waals surface area contributed by atoms with Crippen molar-refractivity contribution in [3.63, 3.8) is 0 Å². The van der Waals surface area contributed by atoms with Gasteiger partial charge in [-0.05, 0) is 49.0 Å². The minimum absolute atomic E-state index is 0.0181. The maximum atomic E-state index is 12.7. The molecular formula is C18H17F3N4O3S2. The highest BCUT2D eigenvalue weighted by molar-refractivity contribution is 8.00. The molecule has 7 nitrogen and oxygen atoms in total. The predicted molar refractivity (Wildman–Crippen MR) is 108 cm³/mol. The zero-order valence-corrected chi connectivity index (χ0v) is 17.8. The van der Waals surface area contributed by atoms with E-state index in [-0.39, 0.29) is 27.2 Å². The monoisotopic (exact) mass is 458 g/mol. The third-order valence-electron chi connectivity index (χ3n) is 3.98. The Morgan fingerprint density at radius 1 is 1.23 bits per heavy atom. The standard InChI is InChI=1S/C18H17F3N4O3S2/c1-4-28-22-10-14-16(30(3,26)27)8-6-12(23-14)17-24-13-9-11(29-18(19,20)21)5-7-15(13)25(17)2/h5-10H,4H2,1-3H3. The van der Waals surface area contributed by atoms with Crippen molar-refractivity contribution in [3.8, 4) is 11.5 Å². The number of aromatic nitrogens is 3. The van der Waals surface area contributed by atoms with Gasteiger partial charge in [-0.1, -0.05) is 5.16 Å². The Bertz CT molecular complexity index is 1220. The zero-order chi connectivity index (χ0) is 22.1. The largest absolute Gasteiger partial charge is 0.446 e.